The predicted molar refractivity (Wildman–Crippen MR) is 79.9 cm³/mol. The molecule has 0 aromatic heterocycles. The summed E-state index contributed by atoms with van der Waals surface area (Å²) >= 11 is 0. The maximum absolute atomic E-state index is 12.4. The highest BCUT2D eigenvalue weighted by Crippen LogP contribution is 2.17. The molecule has 1 atom stereocenters. The Hall–Kier alpha value is -1.55. The Morgan fingerprint density at radius 2 is 2.20 bits per heavy atom. The Morgan fingerprint density at radius 3 is 2.80 bits per heavy atom. The second kappa shape index (κ2) is 6.75. The van der Waals surface area contributed by atoms with Crippen molar-refractivity contribution in [2.75, 3.05) is 19.7 Å². The van der Waals surface area contributed by atoms with E-state index in [4.69, 9.17) is 4.74 Å². The van der Waals surface area contributed by atoms with Crippen molar-refractivity contribution in [3.63, 3.8) is 0 Å². The number of para-hydroxylation sites is 1. The molecule has 1 aromatic rings. The molecule has 1 aromatic carbocycles. The average molecular weight is 276 g/mol. The fourth-order valence-corrected chi connectivity index (χ4v) is 2.72. The maximum atomic E-state index is 12.4. The van der Waals surface area contributed by atoms with Gasteiger partial charge in [-0.1, -0.05) is 18.2 Å². The summed E-state index contributed by atoms with van der Waals surface area (Å²) < 4.78 is 5.68. The van der Waals surface area contributed by atoms with Gasteiger partial charge in [-0.15, -0.1) is 0 Å². The van der Waals surface area contributed by atoms with E-state index in [0.717, 1.165) is 30.8 Å². The Labute approximate surface area is 121 Å². The van der Waals surface area contributed by atoms with Gasteiger partial charge in [-0.2, -0.15) is 0 Å². The predicted octanol–water partition coefficient (Wildman–Crippen LogP) is 1.97. The number of nitrogens with zero attached hydrogens (tertiary/aromatic N) is 1. The van der Waals surface area contributed by atoms with Crippen molar-refractivity contribution in [1.29, 1.82) is 0 Å². The van der Waals surface area contributed by atoms with Gasteiger partial charge < -0.3 is 15.0 Å². The molecule has 4 nitrogen and oxygen atoms in total. The standard InChI is InChI=1S/C16H24N2O2/c1-12(2)18(14-8-9-17-10-14)16(19)11-20-15-7-5-4-6-13(15)3/h4-7,12,14,17H,8-11H2,1-3H3. The zero-order valence-corrected chi connectivity index (χ0v) is 12.6. The Morgan fingerprint density at radius 1 is 1.45 bits per heavy atom. The molecule has 1 amide bonds. The van der Waals surface area contributed by atoms with Crippen molar-refractivity contribution in [3.8, 4) is 5.75 Å². The minimum absolute atomic E-state index is 0.0666. The van der Waals surface area contributed by atoms with E-state index < -0.39 is 0 Å². The first kappa shape index (κ1) is 14.9. The van der Waals surface area contributed by atoms with Crippen LogP contribution in [0.4, 0.5) is 0 Å². The van der Waals surface area contributed by atoms with Crippen LogP contribution in [0.15, 0.2) is 24.3 Å². The largest absolute Gasteiger partial charge is 0.484 e. The van der Waals surface area contributed by atoms with Crippen molar-refractivity contribution in [2.45, 2.75) is 39.3 Å². The molecule has 1 heterocycles. The Bertz CT molecular complexity index is 454. The lowest BCUT2D eigenvalue weighted by Gasteiger charge is -2.32. The van der Waals surface area contributed by atoms with Crippen LogP contribution in [0, 0.1) is 6.92 Å². The van der Waals surface area contributed by atoms with Crippen LogP contribution in [-0.2, 0) is 4.79 Å². The summed E-state index contributed by atoms with van der Waals surface area (Å²) in [4.78, 5) is 14.4. The number of ether oxygens (including phenoxy) is 1. The number of hydrogen-bond donors (Lipinski definition) is 1. The van der Waals surface area contributed by atoms with E-state index in [2.05, 4.69) is 19.2 Å². The number of nitrogens with one attached hydrogen (secondary N) is 1. The van der Waals surface area contributed by atoms with Gasteiger partial charge in [0.15, 0.2) is 6.61 Å². The highest BCUT2D eigenvalue weighted by molar-refractivity contribution is 5.78. The fraction of sp³-hybridized carbons (Fsp3) is 0.562. The molecule has 0 radical (unpaired) electrons. The lowest BCUT2D eigenvalue weighted by atomic mass is 10.1. The minimum atomic E-state index is 0.0666. The van der Waals surface area contributed by atoms with Gasteiger partial charge in [0.1, 0.15) is 5.75 Å². The van der Waals surface area contributed by atoms with E-state index in [1.165, 1.54) is 0 Å². The molecule has 1 aliphatic rings. The maximum Gasteiger partial charge on any atom is 0.261 e. The van der Waals surface area contributed by atoms with Gasteiger partial charge >= 0.3 is 0 Å². The van der Waals surface area contributed by atoms with Crippen LogP contribution in [0.5, 0.6) is 5.75 Å². The highest BCUT2D eigenvalue weighted by atomic mass is 16.5. The summed E-state index contributed by atoms with van der Waals surface area (Å²) in [6.07, 6.45) is 1.02. The Balaban J connectivity index is 1.97. The number of carbonyl (C=O) groups is 1. The molecular formula is C16H24N2O2. The van der Waals surface area contributed by atoms with Crippen molar-refractivity contribution in [1.82, 2.24) is 10.2 Å². The molecule has 4 heteroatoms. The summed E-state index contributed by atoms with van der Waals surface area (Å²) in [5, 5.41) is 3.31. The van der Waals surface area contributed by atoms with Crippen molar-refractivity contribution in [2.24, 2.45) is 0 Å². The fourth-order valence-electron chi connectivity index (χ4n) is 2.72. The molecule has 2 rings (SSSR count). The molecule has 110 valence electrons. The van der Waals surface area contributed by atoms with Gasteiger partial charge in [-0.05, 0) is 45.4 Å². The quantitative estimate of drug-likeness (QED) is 0.894. The first-order chi connectivity index (χ1) is 9.59. The van der Waals surface area contributed by atoms with Gasteiger partial charge in [0.25, 0.3) is 5.91 Å². The van der Waals surface area contributed by atoms with E-state index in [0.29, 0.717) is 6.04 Å². The third kappa shape index (κ3) is 3.51. The molecule has 0 spiro atoms. The molecule has 1 saturated heterocycles. The van der Waals surface area contributed by atoms with Gasteiger partial charge in [-0.3, -0.25) is 4.79 Å². The third-order valence-corrected chi connectivity index (χ3v) is 3.72. The van der Waals surface area contributed by atoms with E-state index in [1.54, 1.807) is 0 Å². The average Bonchev–Trinajstić information content (AvgIpc) is 2.91. The number of aryl methyl sites for hydroxylation is 1. The van der Waals surface area contributed by atoms with Gasteiger partial charge in [0.05, 0.1) is 0 Å². The summed E-state index contributed by atoms with van der Waals surface area (Å²) in [6, 6.07) is 8.28. The van der Waals surface area contributed by atoms with Crippen molar-refractivity contribution < 1.29 is 9.53 Å². The van der Waals surface area contributed by atoms with Crippen LogP contribution in [0.3, 0.4) is 0 Å². The van der Waals surface area contributed by atoms with E-state index in [-0.39, 0.29) is 18.6 Å². The van der Waals surface area contributed by atoms with Crippen LogP contribution in [0.2, 0.25) is 0 Å². The molecule has 20 heavy (non-hydrogen) atoms. The SMILES string of the molecule is Cc1ccccc1OCC(=O)N(C(C)C)C1CCNC1. The first-order valence-electron chi connectivity index (χ1n) is 7.30. The molecule has 1 unspecified atom stereocenters. The zero-order valence-electron chi connectivity index (χ0n) is 12.6. The summed E-state index contributed by atoms with van der Waals surface area (Å²) in [5.74, 6) is 0.853. The Kier molecular flexibility index (Phi) is 5.01. The summed E-state index contributed by atoms with van der Waals surface area (Å²) in [6.45, 7) is 8.09. The van der Waals surface area contributed by atoms with Crippen molar-refractivity contribution in [3.05, 3.63) is 29.8 Å². The van der Waals surface area contributed by atoms with E-state index in [9.17, 15) is 4.79 Å². The van der Waals surface area contributed by atoms with Gasteiger partial charge in [0, 0.05) is 18.6 Å². The topological polar surface area (TPSA) is 41.6 Å². The number of rotatable bonds is 5. The molecule has 0 saturated carbocycles. The van der Waals surface area contributed by atoms with E-state index in [1.807, 2.05) is 36.1 Å². The summed E-state index contributed by atoms with van der Waals surface area (Å²) in [5.41, 5.74) is 1.05. The number of carbonyl (C=O) groups excluding carboxylic acids is 1. The zero-order chi connectivity index (χ0) is 14.5. The molecule has 1 aliphatic heterocycles. The summed E-state index contributed by atoms with van der Waals surface area (Å²) in [7, 11) is 0. The second-order valence-electron chi connectivity index (χ2n) is 5.60. The first-order valence-corrected chi connectivity index (χ1v) is 7.30. The van der Waals surface area contributed by atoms with Crippen molar-refractivity contribution >= 4 is 5.91 Å². The molecular weight excluding hydrogens is 252 g/mol. The van der Waals surface area contributed by atoms with Crippen LogP contribution in [-0.4, -0.2) is 42.6 Å². The lowest BCUT2D eigenvalue weighted by molar-refractivity contribution is -0.137. The number of hydrogen-bond acceptors (Lipinski definition) is 3. The van der Waals surface area contributed by atoms with Crippen LogP contribution in [0.1, 0.15) is 25.8 Å². The van der Waals surface area contributed by atoms with Gasteiger partial charge in [-0.25, -0.2) is 0 Å². The lowest BCUT2D eigenvalue weighted by Crippen LogP contribution is -2.47. The van der Waals surface area contributed by atoms with Gasteiger partial charge in [0.2, 0.25) is 0 Å². The highest BCUT2D eigenvalue weighted by Gasteiger charge is 2.28. The number of amides is 1. The smallest absolute Gasteiger partial charge is 0.261 e. The molecule has 0 aliphatic carbocycles. The number of benzene rings is 1. The normalized spacial score (nSPS) is 18.3. The molecule has 0 bridgehead atoms. The van der Waals surface area contributed by atoms with Crippen LogP contribution in [0.25, 0.3) is 0 Å². The third-order valence-electron chi connectivity index (χ3n) is 3.72. The molecule has 1 fully saturated rings. The van der Waals surface area contributed by atoms with Crippen LogP contribution >= 0.6 is 0 Å². The molecule has 1 N–H and O–H groups in total. The monoisotopic (exact) mass is 276 g/mol. The van der Waals surface area contributed by atoms with Crippen LogP contribution < -0.4 is 10.1 Å². The minimum Gasteiger partial charge on any atom is -0.484 e. The second-order valence-corrected chi connectivity index (χ2v) is 5.60. The van der Waals surface area contributed by atoms with E-state index >= 15 is 0 Å².